The van der Waals surface area contributed by atoms with Crippen molar-refractivity contribution in [2.24, 2.45) is 5.92 Å². The Hall–Kier alpha value is -3.21. The molecular weight excluding hydrogens is 472 g/mol. The second kappa shape index (κ2) is 16.6. The first kappa shape index (κ1) is 29.3. The number of unbranched alkanes of at least 4 members (excludes halogenated alkanes) is 7. The fraction of sp³-hybridized carbons (Fsp3) is 0.485. The van der Waals surface area contributed by atoms with E-state index in [0.717, 1.165) is 41.9 Å². The second-order valence-corrected chi connectivity index (χ2v) is 10.2. The Balaban J connectivity index is 1.46. The van der Waals surface area contributed by atoms with Gasteiger partial charge in [0, 0.05) is 29.9 Å². The number of ether oxygens (including phenoxy) is 2. The highest BCUT2D eigenvalue weighted by molar-refractivity contribution is 5.73. The molecule has 1 heterocycles. The third-order valence-electron chi connectivity index (χ3n) is 6.77. The van der Waals surface area contributed by atoms with Crippen LogP contribution in [0.2, 0.25) is 0 Å². The molecule has 0 aliphatic rings. The zero-order chi connectivity index (χ0) is 27.0. The van der Waals surface area contributed by atoms with Crippen molar-refractivity contribution in [3.05, 3.63) is 60.9 Å². The summed E-state index contributed by atoms with van der Waals surface area (Å²) >= 11 is 0. The standard InChI is InChI=1S/C33H44N2O3/c1-4-6-8-9-10-12-22-37-30-18-16-28(17-19-30)33-34-24-29(25-35-33)27-14-20-31(21-15-27)38-32(36)23-26(3)13-11-7-5-2/h14-21,24-26H,4-13,22-23H2,1-3H3. The molecule has 1 atom stereocenters. The molecule has 0 spiro atoms. The molecule has 0 amide bonds. The molecule has 38 heavy (non-hydrogen) atoms. The Morgan fingerprint density at radius 2 is 1.29 bits per heavy atom. The van der Waals surface area contributed by atoms with E-state index in [1.54, 1.807) is 0 Å². The van der Waals surface area contributed by atoms with E-state index in [-0.39, 0.29) is 5.97 Å². The van der Waals surface area contributed by atoms with Crippen LogP contribution in [0.5, 0.6) is 11.5 Å². The predicted octanol–water partition coefficient (Wildman–Crippen LogP) is 9.06. The highest BCUT2D eigenvalue weighted by Crippen LogP contribution is 2.25. The molecule has 0 bridgehead atoms. The Labute approximate surface area is 229 Å². The summed E-state index contributed by atoms with van der Waals surface area (Å²) in [5.74, 6) is 2.29. The van der Waals surface area contributed by atoms with Crippen molar-refractivity contribution in [3.8, 4) is 34.0 Å². The number of esters is 1. The van der Waals surface area contributed by atoms with Crippen LogP contribution in [0, 0.1) is 5.92 Å². The van der Waals surface area contributed by atoms with Gasteiger partial charge in [0.25, 0.3) is 0 Å². The van der Waals surface area contributed by atoms with Crippen LogP contribution in [0.25, 0.3) is 22.5 Å². The van der Waals surface area contributed by atoms with Gasteiger partial charge in [-0.25, -0.2) is 9.97 Å². The summed E-state index contributed by atoms with van der Waals surface area (Å²) in [5.41, 5.74) is 2.84. The van der Waals surface area contributed by atoms with E-state index in [4.69, 9.17) is 9.47 Å². The Bertz CT molecular complexity index is 1060. The smallest absolute Gasteiger partial charge is 0.311 e. The predicted molar refractivity (Wildman–Crippen MR) is 155 cm³/mol. The van der Waals surface area contributed by atoms with E-state index < -0.39 is 0 Å². The van der Waals surface area contributed by atoms with Crippen LogP contribution in [0.15, 0.2) is 60.9 Å². The maximum absolute atomic E-state index is 12.3. The molecule has 0 radical (unpaired) electrons. The minimum Gasteiger partial charge on any atom is -0.494 e. The van der Waals surface area contributed by atoms with Gasteiger partial charge in [-0.1, -0.05) is 90.7 Å². The third kappa shape index (κ3) is 10.3. The maximum atomic E-state index is 12.3. The number of carbonyl (C=O) groups is 1. The molecule has 5 heteroatoms. The second-order valence-electron chi connectivity index (χ2n) is 10.2. The zero-order valence-electron chi connectivity index (χ0n) is 23.5. The summed E-state index contributed by atoms with van der Waals surface area (Å²) in [6.45, 7) is 7.30. The summed E-state index contributed by atoms with van der Waals surface area (Å²) in [7, 11) is 0. The minimum absolute atomic E-state index is 0.173. The normalized spacial score (nSPS) is 11.8. The Kier molecular flexibility index (Phi) is 12.8. The van der Waals surface area contributed by atoms with Crippen LogP contribution in [0.1, 0.15) is 91.4 Å². The van der Waals surface area contributed by atoms with E-state index in [9.17, 15) is 4.79 Å². The summed E-state index contributed by atoms with van der Waals surface area (Å²) < 4.78 is 11.4. The van der Waals surface area contributed by atoms with Crippen molar-refractivity contribution >= 4 is 5.97 Å². The molecule has 1 unspecified atom stereocenters. The highest BCUT2D eigenvalue weighted by Gasteiger charge is 2.12. The van der Waals surface area contributed by atoms with Crippen LogP contribution < -0.4 is 9.47 Å². The lowest BCUT2D eigenvalue weighted by Crippen LogP contribution is -2.12. The van der Waals surface area contributed by atoms with Gasteiger partial charge in [0.05, 0.1) is 6.61 Å². The highest BCUT2D eigenvalue weighted by atomic mass is 16.5. The Morgan fingerprint density at radius 1 is 0.711 bits per heavy atom. The van der Waals surface area contributed by atoms with Crippen LogP contribution in [0.4, 0.5) is 0 Å². The number of nitrogens with zero attached hydrogens (tertiary/aromatic N) is 2. The van der Waals surface area contributed by atoms with Crippen molar-refractivity contribution in [1.29, 1.82) is 0 Å². The molecule has 3 aromatic rings. The molecule has 2 aromatic carbocycles. The number of rotatable bonds is 17. The number of carbonyl (C=O) groups excluding carboxylic acids is 1. The molecule has 0 saturated heterocycles. The number of hydrogen-bond donors (Lipinski definition) is 0. The SMILES string of the molecule is CCCCCCCCOc1ccc(-c2ncc(-c3ccc(OC(=O)CC(C)CCCCC)cc3)cn2)cc1. The monoisotopic (exact) mass is 516 g/mol. The molecule has 0 aliphatic carbocycles. The molecule has 0 saturated carbocycles. The van der Waals surface area contributed by atoms with E-state index in [2.05, 4.69) is 30.7 Å². The molecule has 1 aromatic heterocycles. The van der Waals surface area contributed by atoms with E-state index >= 15 is 0 Å². The number of hydrogen-bond acceptors (Lipinski definition) is 5. The van der Waals surface area contributed by atoms with Gasteiger partial charge in [-0.05, 0) is 54.3 Å². The number of aromatic nitrogens is 2. The van der Waals surface area contributed by atoms with Gasteiger partial charge in [0.1, 0.15) is 11.5 Å². The summed E-state index contributed by atoms with van der Waals surface area (Å²) in [6.07, 6.45) is 16.3. The molecule has 3 rings (SSSR count). The first-order valence-electron chi connectivity index (χ1n) is 14.5. The van der Waals surface area contributed by atoms with Gasteiger partial charge in [-0.15, -0.1) is 0 Å². The molecule has 0 N–H and O–H groups in total. The van der Waals surface area contributed by atoms with E-state index in [1.807, 2.05) is 60.9 Å². The van der Waals surface area contributed by atoms with Gasteiger partial charge in [-0.3, -0.25) is 4.79 Å². The van der Waals surface area contributed by atoms with Crippen molar-refractivity contribution in [3.63, 3.8) is 0 Å². The zero-order valence-corrected chi connectivity index (χ0v) is 23.5. The molecule has 204 valence electrons. The van der Waals surface area contributed by atoms with Crippen molar-refractivity contribution < 1.29 is 14.3 Å². The summed E-state index contributed by atoms with van der Waals surface area (Å²) in [6, 6.07) is 15.5. The van der Waals surface area contributed by atoms with Gasteiger partial charge in [0.15, 0.2) is 5.82 Å². The largest absolute Gasteiger partial charge is 0.494 e. The molecule has 0 aliphatic heterocycles. The lowest BCUT2D eigenvalue weighted by molar-refractivity contribution is -0.135. The van der Waals surface area contributed by atoms with Crippen LogP contribution in [-0.4, -0.2) is 22.5 Å². The van der Waals surface area contributed by atoms with Crippen molar-refractivity contribution in [2.75, 3.05) is 6.61 Å². The lowest BCUT2D eigenvalue weighted by atomic mass is 10.0. The topological polar surface area (TPSA) is 61.3 Å². The average Bonchev–Trinajstić information content (AvgIpc) is 2.93. The van der Waals surface area contributed by atoms with Gasteiger partial charge >= 0.3 is 5.97 Å². The number of benzene rings is 2. The van der Waals surface area contributed by atoms with Crippen molar-refractivity contribution in [1.82, 2.24) is 9.97 Å². The van der Waals surface area contributed by atoms with Gasteiger partial charge in [0.2, 0.25) is 0 Å². The molecule has 5 nitrogen and oxygen atoms in total. The van der Waals surface area contributed by atoms with Gasteiger partial charge < -0.3 is 9.47 Å². The van der Waals surface area contributed by atoms with E-state index in [1.165, 1.54) is 51.4 Å². The Morgan fingerprint density at radius 3 is 1.97 bits per heavy atom. The average molecular weight is 517 g/mol. The molecule has 0 fully saturated rings. The quantitative estimate of drug-likeness (QED) is 0.102. The third-order valence-corrected chi connectivity index (χ3v) is 6.77. The van der Waals surface area contributed by atoms with Gasteiger partial charge in [-0.2, -0.15) is 0 Å². The maximum Gasteiger partial charge on any atom is 0.311 e. The lowest BCUT2D eigenvalue weighted by Gasteiger charge is -2.11. The minimum atomic E-state index is -0.173. The summed E-state index contributed by atoms with van der Waals surface area (Å²) in [5, 5.41) is 0. The van der Waals surface area contributed by atoms with Crippen molar-refractivity contribution in [2.45, 2.75) is 91.4 Å². The first-order chi connectivity index (χ1) is 18.6. The summed E-state index contributed by atoms with van der Waals surface area (Å²) in [4.78, 5) is 21.4. The first-order valence-corrected chi connectivity index (χ1v) is 14.5. The van der Waals surface area contributed by atoms with Crippen LogP contribution in [0.3, 0.4) is 0 Å². The van der Waals surface area contributed by atoms with Crippen LogP contribution >= 0.6 is 0 Å². The molecular formula is C33H44N2O3. The van der Waals surface area contributed by atoms with E-state index in [0.29, 0.717) is 23.9 Å². The fourth-order valence-electron chi connectivity index (χ4n) is 4.42. The van der Waals surface area contributed by atoms with Crippen LogP contribution in [-0.2, 0) is 4.79 Å². The fourth-order valence-corrected chi connectivity index (χ4v) is 4.42.